The maximum atomic E-state index is 5.62. The van der Waals surface area contributed by atoms with Crippen molar-refractivity contribution in [1.29, 1.82) is 0 Å². The van der Waals surface area contributed by atoms with E-state index in [1.807, 2.05) is 60.7 Å². The van der Waals surface area contributed by atoms with Crippen LogP contribution >= 0.6 is 12.2 Å². The van der Waals surface area contributed by atoms with Gasteiger partial charge in [0, 0.05) is 37.4 Å². The van der Waals surface area contributed by atoms with Gasteiger partial charge in [0.2, 0.25) is 0 Å². The third kappa shape index (κ3) is 4.87. The molecule has 1 heterocycles. The van der Waals surface area contributed by atoms with E-state index in [-0.39, 0.29) is 0 Å². The van der Waals surface area contributed by atoms with E-state index in [1.54, 1.807) is 0 Å². The van der Waals surface area contributed by atoms with E-state index < -0.39 is 0 Å². The molecule has 4 nitrogen and oxygen atoms in total. The highest BCUT2D eigenvalue weighted by atomic mass is 32.1. The number of nitrogens with zero attached hydrogens (tertiary/aromatic N) is 3. The van der Waals surface area contributed by atoms with Gasteiger partial charge in [0.1, 0.15) is 5.84 Å². The number of likely N-dealkylation sites (N-methyl/N-ethyl adjacent to an activating group) is 1. The molecule has 0 unspecified atom stereocenters. The third-order valence-electron chi connectivity index (χ3n) is 4.38. The average Bonchev–Trinajstić information content (AvgIpc) is 2.69. The molecule has 0 radical (unpaired) electrons. The smallest absolute Gasteiger partial charge is 0.197 e. The van der Waals surface area contributed by atoms with Crippen LogP contribution in [-0.4, -0.2) is 53.5 Å². The molecule has 0 spiro atoms. The summed E-state index contributed by atoms with van der Waals surface area (Å²) in [6.07, 6.45) is 0. The summed E-state index contributed by atoms with van der Waals surface area (Å²) in [5.41, 5.74) is 2.03. The standard InChI is InChI=1S/C20H24N4S/c1-2-23-13-15-24(16-14-23)20(25)22-19(17-9-5-3-6-10-17)21-18-11-7-4-8-12-18/h3-12H,2,13-16H2,1H3,(H,21,22,25). The van der Waals surface area contributed by atoms with Crippen molar-refractivity contribution in [3.63, 3.8) is 0 Å². The van der Waals surface area contributed by atoms with E-state index in [2.05, 4.69) is 22.0 Å². The summed E-state index contributed by atoms with van der Waals surface area (Å²) >= 11 is 5.62. The van der Waals surface area contributed by atoms with E-state index in [9.17, 15) is 0 Å². The highest BCUT2D eigenvalue weighted by molar-refractivity contribution is 7.80. The normalized spacial score (nSPS) is 15.9. The topological polar surface area (TPSA) is 30.9 Å². The molecule has 1 aliphatic heterocycles. The van der Waals surface area contributed by atoms with Gasteiger partial charge < -0.3 is 15.1 Å². The predicted molar refractivity (Wildman–Crippen MR) is 109 cm³/mol. The van der Waals surface area contributed by atoms with Gasteiger partial charge in [-0.3, -0.25) is 0 Å². The first kappa shape index (κ1) is 17.6. The number of hydrogen-bond acceptors (Lipinski definition) is 2. The zero-order valence-corrected chi connectivity index (χ0v) is 15.4. The fraction of sp³-hybridized carbons (Fsp3) is 0.300. The average molecular weight is 353 g/mol. The maximum absolute atomic E-state index is 5.62. The highest BCUT2D eigenvalue weighted by Gasteiger charge is 2.18. The molecule has 0 aromatic heterocycles. The number of aliphatic imine (C=N–C) groups is 1. The largest absolute Gasteiger partial charge is 0.345 e. The van der Waals surface area contributed by atoms with Gasteiger partial charge in [-0.2, -0.15) is 0 Å². The molecule has 2 aromatic carbocycles. The number of thiocarbonyl (C=S) groups is 1. The van der Waals surface area contributed by atoms with Crippen molar-refractivity contribution < 1.29 is 0 Å². The SMILES string of the molecule is CCN1CCN(C(=S)N=C(Nc2ccccc2)c2ccccc2)CC1. The monoisotopic (exact) mass is 352 g/mol. The van der Waals surface area contributed by atoms with E-state index >= 15 is 0 Å². The van der Waals surface area contributed by atoms with Crippen LogP contribution in [0.3, 0.4) is 0 Å². The molecule has 1 N–H and O–H groups in total. The van der Waals surface area contributed by atoms with Crippen LogP contribution in [0.15, 0.2) is 65.7 Å². The Morgan fingerprint density at radius 1 is 0.960 bits per heavy atom. The van der Waals surface area contributed by atoms with E-state index in [0.717, 1.165) is 49.8 Å². The zero-order valence-electron chi connectivity index (χ0n) is 14.6. The Labute approximate surface area is 155 Å². The van der Waals surface area contributed by atoms with Crippen LogP contribution in [0.1, 0.15) is 12.5 Å². The first-order chi connectivity index (χ1) is 12.3. The molecule has 0 bridgehead atoms. The van der Waals surface area contributed by atoms with Gasteiger partial charge in [-0.25, -0.2) is 4.99 Å². The number of hydrogen-bond donors (Lipinski definition) is 1. The number of anilines is 1. The number of benzene rings is 2. The molecule has 1 fully saturated rings. The van der Waals surface area contributed by atoms with Crippen molar-refractivity contribution in [2.45, 2.75) is 6.92 Å². The summed E-state index contributed by atoms with van der Waals surface area (Å²) in [6.45, 7) is 7.24. The molecule has 1 aliphatic rings. The number of rotatable bonds is 3. The van der Waals surface area contributed by atoms with E-state index in [0.29, 0.717) is 5.11 Å². The minimum Gasteiger partial charge on any atom is -0.345 e. The molecule has 0 atom stereocenters. The van der Waals surface area contributed by atoms with Gasteiger partial charge >= 0.3 is 0 Å². The fourth-order valence-electron chi connectivity index (χ4n) is 2.84. The number of para-hydroxylation sites is 1. The third-order valence-corrected chi connectivity index (χ3v) is 4.73. The van der Waals surface area contributed by atoms with E-state index in [4.69, 9.17) is 17.2 Å². The minimum absolute atomic E-state index is 0.651. The van der Waals surface area contributed by atoms with Crippen LogP contribution < -0.4 is 5.32 Å². The Morgan fingerprint density at radius 2 is 1.56 bits per heavy atom. The Hall–Kier alpha value is -2.24. The van der Waals surface area contributed by atoms with Crippen LogP contribution in [0.2, 0.25) is 0 Å². The second-order valence-electron chi connectivity index (χ2n) is 6.02. The van der Waals surface area contributed by atoms with Crippen molar-refractivity contribution in [3.8, 4) is 0 Å². The molecule has 2 aromatic rings. The second-order valence-corrected chi connectivity index (χ2v) is 6.39. The van der Waals surface area contributed by atoms with Gasteiger partial charge in [0.25, 0.3) is 0 Å². The van der Waals surface area contributed by atoms with Crippen molar-refractivity contribution >= 4 is 28.9 Å². The Balaban J connectivity index is 1.79. The first-order valence-corrected chi connectivity index (χ1v) is 9.14. The minimum atomic E-state index is 0.651. The number of piperazine rings is 1. The molecule has 0 saturated carbocycles. The van der Waals surface area contributed by atoms with Crippen molar-refractivity contribution in [2.75, 3.05) is 38.0 Å². The second kappa shape index (κ2) is 8.74. The fourth-order valence-corrected chi connectivity index (χ4v) is 3.11. The summed E-state index contributed by atoms with van der Waals surface area (Å²) in [6, 6.07) is 20.2. The van der Waals surface area contributed by atoms with Gasteiger partial charge in [-0.1, -0.05) is 55.5 Å². The lowest BCUT2D eigenvalue weighted by Gasteiger charge is -2.34. The zero-order chi connectivity index (χ0) is 17.5. The summed E-state index contributed by atoms with van der Waals surface area (Å²) in [5.74, 6) is 0.787. The lowest BCUT2D eigenvalue weighted by atomic mass is 10.2. The lowest BCUT2D eigenvalue weighted by molar-refractivity contribution is 0.191. The predicted octanol–water partition coefficient (Wildman–Crippen LogP) is 3.47. The molecular formula is C20H24N4S. The van der Waals surface area contributed by atoms with Gasteiger partial charge in [0.05, 0.1) is 0 Å². The van der Waals surface area contributed by atoms with Crippen LogP contribution in [0.25, 0.3) is 0 Å². The quantitative estimate of drug-likeness (QED) is 0.521. The Kier molecular flexibility index (Phi) is 6.14. The molecule has 130 valence electrons. The molecule has 5 heteroatoms. The molecule has 0 aliphatic carbocycles. The number of nitrogens with one attached hydrogen (secondary N) is 1. The van der Waals surface area contributed by atoms with Gasteiger partial charge in [-0.15, -0.1) is 0 Å². The summed E-state index contributed by atoms with van der Waals surface area (Å²) < 4.78 is 0. The van der Waals surface area contributed by atoms with E-state index in [1.165, 1.54) is 0 Å². The molecule has 25 heavy (non-hydrogen) atoms. The lowest BCUT2D eigenvalue weighted by Crippen LogP contribution is -2.47. The number of amidine groups is 1. The van der Waals surface area contributed by atoms with Crippen LogP contribution in [0, 0.1) is 0 Å². The molecular weight excluding hydrogens is 328 g/mol. The summed E-state index contributed by atoms with van der Waals surface area (Å²) in [4.78, 5) is 9.39. The van der Waals surface area contributed by atoms with Crippen molar-refractivity contribution in [1.82, 2.24) is 9.80 Å². The first-order valence-electron chi connectivity index (χ1n) is 8.73. The summed E-state index contributed by atoms with van der Waals surface area (Å²) in [5, 5.41) is 4.06. The maximum Gasteiger partial charge on any atom is 0.197 e. The summed E-state index contributed by atoms with van der Waals surface area (Å²) in [7, 11) is 0. The van der Waals surface area contributed by atoms with Gasteiger partial charge in [-0.05, 0) is 30.9 Å². The van der Waals surface area contributed by atoms with Crippen LogP contribution in [0.5, 0.6) is 0 Å². The molecule has 3 rings (SSSR count). The highest BCUT2D eigenvalue weighted by Crippen LogP contribution is 2.11. The molecule has 1 saturated heterocycles. The van der Waals surface area contributed by atoms with Crippen molar-refractivity contribution in [2.24, 2.45) is 4.99 Å². The van der Waals surface area contributed by atoms with Crippen LogP contribution in [-0.2, 0) is 0 Å². The Bertz CT molecular complexity index is 707. The van der Waals surface area contributed by atoms with Gasteiger partial charge in [0.15, 0.2) is 5.11 Å². The Morgan fingerprint density at radius 3 is 2.16 bits per heavy atom. The molecule has 0 amide bonds. The van der Waals surface area contributed by atoms with Crippen LogP contribution in [0.4, 0.5) is 5.69 Å². The van der Waals surface area contributed by atoms with Crippen molar-refractivity contribution in [3.05, 3.63) is 66.2 Å².